The quantitative estimate of drug-likeness (QED) is 0.0882. The van der Waals surface area contributed by atoms with Crippen LogP contribution in [-0.4, -0.2) is 48.6 Å². The second-order valence-electron chi connectivity index (χ2n) is 18.2. The predicted molar refractivity (Wildman–Crippen MR) is 280 cm³/mol. The van der Waals surface area contributed by atoms with Crippen molar-refractivity contribution >= 4 is 45.9 Å². The first-order valence-corrected chi connectivity index (χ1v) is 24.7. The third kappa shape index (κ3) is 13.1. The molecule has 8 aromatic rings. The van der Waals surface area contributed by atoms with Crippen LogP contribution in [0.5, 0.6) is 5.88 Å². The molecule has 0 amide bonds. The number of allylic oxidation sites excluding steroid dienone is 4. The minimum atomic E-state index is -0.686. The molecule has 2 aliphatic carbocycles. The van der Waals surface area contributed by atoms with Crippen LogP contribution in [0, 0.1) is 23.3 Å². The number of benzene rings is 4. The van der Waals surface area contributed by atoms with Gasteiger partial charge in [0.2, 0.25) is 11.4 Å². The molecule has 10 nitrogen and oxygen atoms in total. The normalized spacial score (nSPS) is 13.2. The Bertz CT molecular complexity index is 3510. The van der Waals surface area contributed by atoms with Crippen LogP contribution in [0.3, 0.4) is 0 Å². The number of fused-ring (bicyclic) bond motifs is 2. The average molecular weight is 1050 g/mol. The summed E-state index contributed by atoms with van der Waals surface area (Å²) in [6.07, 6.45) is 12.4. The number of halogens is 6. The number of rotatable bonds is 17. The van der Waals surface area contributed by atoms with Gasteiger partial charge in [0.05, 0.1) is 35.6 Å². The Morgan fingerprint density at radius 2 is 1.03 bits per heavy atom. The Balaban J connectivity index is 0.000000184. The minimum Gasteiger partial charge on any atom is -0.481 e. The highest BCUT2D eigenvalue weighted by Crippen LogP contribution is 2.37. The summed E-state index contributed by atoms with van der Waals surface area (Å²) in [5.41, 5.74) is 9.54. The molecule has 4 aromatic carbocycles. The molecule has 2 aliphatic rings. The maximum absolute atomic E-state index is 14.0. The van der Waals surface area contributed by atoms with Crippen molar-refractivity contribution in [1.29, 1.82) is 0 Å². The molecule has 4 aromatic heterocycles. The number of ketones is 2. The Morgan fingerprint density at radius 1 is 0.573 bits per heavy atom. The van der Waals surface area contributed by atoms with Gasteiger partial charge in [-0.15, -0.1) is 0 Å². The number of aromatic amines is 1. The molecule has 2 atom stereocenters. The van der Waals surface area contributed by atoms with E-state index in [0.717, 1.165) is 51.2 Å². The highest BCUT2D eigenvalue weighted by atomic mass is 35.5. The largest absolute Gasteiger partial charge is 0.481 e. The van der Waals surface area contributed by atoms with E-state index in [4.69, 9.17) is 27.9 Å². The lowest BCUT2D eigenvalue weighted by molar-refractivity contribution is -0.119. The van der Waals surface area contributed by atoms with E-state index in [2.05, 4.69) is 29.9 Å². The number of Topliss-reactive ketones (excluding diaryl/α,β-unsaturated/α-hetero) is 2. The van der Waals surface area contributed by atoms with E-state index in [9.17, 15) is 31.9 Å². The highest BCUT2D eigenvalue weighted by Gasteiger charge is 2.28. The number of aromatic nitrogens is 6. The maximum atomic E-state index is 14.0. The van der Waals surface area contributed by atoms with E-state index in [1.807, 2.05) is 42.5 Å². The average Bonchev–Trinajstić information content (AvgIpc) is 3.98. The number of hydrogen-bond donors (Lipinski definition) is 1. The lowest BCUT2D eigenvalue weighted by Crippen LogP contribution is -2.14. The Labute approximate surface area is 439 Å². The number of nitrogens with one attached hydrogen (secondary N) is 1. The van der Waals surface area contributed by atoms with Crippen LogP contribution in [0.2, 0.25) is 10.0 Å². The van der Waals surface area contributed by atoms with Gasteiger partial charge in [0.1, 0.15) is 34.8 Å². The number of carbonyl (C=O) groups excluding carboxylic acids is 2. The second kappa shape index (κ2) is 23.5. The second-order valence-corrected chi connectivity index (χ2v) is 19.1. The molecule has 0 saturated heterocycles. The number of methoxy groups -OCH3 is 1. The Hall–Kier alpha value is -7.94. The van der Waals surface area contributed by atoms with Crippen LogP contribution in [0.15, 0.2) is 151 Å². The number of H-pyrrole nitrogens is 1. The van der Waals surface area contributed by atoms with Crippen LogP contribution in [0.25, 0.3) is 33.7 Å². The fourth-order valence-corrected chi connectivity index (χ4v) is 9.85. The van der Waals surface area contributed by atoms with Crippen LogP contribution in [0.4, 0.5) is 17.6 Å². The van der Waals surface area contributed by atoms with Crippen molar-refractivity contribution in [3.05, 3.63) is 235 Å². The zero-order valence-electron chi connectivity index (χ0n) is 40.3. The molecular weight excluding hydrogens is 1000 g/mol. The van der Waals surface area contributed by atoms with Crippen molar-refractivity contribution in [3.8, 4) is 28.4 Å². The molecule has 0 aliphatic heterocycles. The molecule has 2 unspecified atom stereocenters. The molecule has 0 bridgehead atoms. The third-order valence-electron chi connectivity index (χ3n) is 12.9. The lowest BCUT2D eigenvalue weighted by Gasteiger charge is -2.19. The monoisotopic (exact) mass is 1050 g/mol. The van der Waals surface area contributed by atoms with Crippen LogP contribution < -0.4 is 10.3 Å². The number of carbonyl (C=O) groups is 2. The summed E-state index contributed by atoms with van der Waals surface area (Å²) in [5, 5.41) is 1.15. The zero-order valence-corrected chi connectivity index (χ0v) is 41.8. The lowest BCUT2D eigenvalue weighted by atomic mass is 9.87. The van der Waals surface area contributed by atoms with Gasteiger partial charge in [0.25, 0.3) is 0 Å². The molecule has 10 rings (SSSR count). The van der Waals surface area contributed by atoms with E-state index < -0.39 is 35.1 Å². The summed E-state index contributed by atoms with van der Waals surface area (Å²) in [6.45, 7) is 0. The first-order valence-electron chi connectivity index (χ1n) is 24.0. The van der Waals surface area contributed by atoms with Crippen molar-refractivity contribution in [2.24, 2.45) is 0 Å². The van der Waals surface area contributed by atoms with Crippen molar-refractivity contribution < 1.29 is 31.9 Å². The van der Waals surface area contributed by atoms with Crippen molar-refractivity contribution in [2.45, 2.75) is 63.2 Å². The maximum Gasteiger partial charge on any atom is 0.248 e. The van der Waals surface area contributed by atoms with Gasteiger partial charge in [-0.3, -0.25) is 34.3 Å². The summed E-state index contributed by atoms with van der Waals surface area (Å²) in [7, 11) is 1.55. The molecule has 75 heavy (non-hydrogen) atoms. The van der Waals surface area contributed by atoms with E-state index in [1.165, 1.54) is 30.3 Å². The van der Waals surface area contributed by atoms with Gasteiger partial charge >= 0.3 is 0 Å². The highest BCUT2D eigenvalue weighted by molar-refractivity contribution is 6.31. The van der Waals surface area contributed by atoms with E-state index in [-0.39, 0.29) is 55.7 Å². The molecule has 16 heteroatoms. The molecule has 0 radical (unpaired) electrons. The Morgan fingerprint density at radius 3 is 1.53 bits per heavy atom. The zero-order chi connectivity index (χ0) is 52.6. The molecule has 0 spiro atoms. The molecule has 0 fully saturated rings. The fourth-order valence-electron chi connectivity index (χ4n) is 9.60. The summed E-state index contributed by atoms with van der Waals surface area (Å²) in [6, 6.07) is 28.0. The summed E-state index contributed by atoms with van der Waals surface area (Å²) in [5.74, 6) is -3.32. The van der Waals surface area contributed by atoms with E-state index in [0.29, 0.717) is 68.4 Å². The van der Waals surface area contributed by atoms with Gasteiger partial charge in [0.15, 0.2) is 0 Å². The number of nitrogens with zero attached hydrogens (tertiary/aromatic N) is 5. The standard InChI is InChI=1S/C30H24ClF2N3O2.C29H22ClF2N3O2/c1-38-27-9-6-19-2-3-21(28(19)36-27)15-26(37)16-22(12-18-13-24(32)17-25(33)14-18)30-29(34-10-11-35-30)20-4-7-23(31)8-5-20;30-22-6-3-19(4-7-22)28-29(34-10-9-33-28)21(11-17-12-23(31)16-24(32)13-17)15-25(36)14-20-2-1-18-5-8-26(37)35-27(18)20/h3-11,13-14,17,22H,2,12,15-16H2,1H3;2-10,12-13,16,21H,1,11,14-15H2,(H,35,37). The van der Waals surface area contributed by atoms with E-state index in [1.54, 1.807) is 68.3 Å². The molecular formula is C59H46Cl2F4N6O4. The minimum absolute atomic E-state index is 0.0386. The van der Waals surface area contributed by atoms with Gasteiger partial charge in [-0.25, -0.2) is 22.5 Å². The summed E-state index contributed by atoms with van der Waals surface area (Å²) in [4.78, 5) is 64.2. The van der Waals surface area contributed by atoms with Gasteiger partial charge in [-0.05, 0) is 108 Å². The van der Waals surface area contributed by atoms with Crippen LogP contribution in [0.1, 0.15) is 82.5 Å². The first kappa shape index (κ1) is 51.9. The number of pyridine rings is 2. The number of ether oxygens (including phenoxy) is 1. The molecule has 1 N–H and O–H groups in total. The smallest absolute Gasteiger partial charge is 0.248 e. The number of hydrogen-bond acceptors (Lipinski definition) is 9. The van der Waals surface area contributed by atoms with Crippen molar-refractivity contribution in [1.82, 2.24) is 29.9 Å². The SMILES string of the molecule is COc1ccc2c(n1)C(CC(=O)CC(Cc1cc(F)cc(F)c1)c1nccnc1-c1ccc(Cl)cc1)=CC2.O=C(CC1=CCc2ccc(=O)[nH]c21)CC(Cc1cc(F)cc(F)c1)c1nccnc1-c1ccc(Cl)cc1. The topological polar surface area (TPSA) is 141 Å². The summed E-state index contributed by atoms with van der Waals surface area (Å²) < 4.78 is 61.3. The predicted octanol–water partition coefficient (Wildman–Crippen LogP) is 12.9. The van der Waals surface area contributed by atoms with Crippen LogP contribution >= 0.6 is 23.2 Å². The van der Waals surface area contributed by atoms with Crippen LogP contribution in [-0.2, 0) is 35.3 Å². The van der Waals surface area contributed by atoms with Gasteiger partial charge in [-0.2, -0.15) is 0 Å². The molecule has 378 valence electrons. The van der Waals surface area contributed by atoms with Crippen molar-refractivity contribution in [3.63, 3.8) is 0 Å². The molecule has 0 saturated carbocycles. The first-order chi connectivity index (χ1) is 36.2. The molecule has 4 heterocycles. The van der Waals surface area contributed by atoms with Gasteiger partial charge < -0.3 is 9.72 Å². The van der Waals surface area contributed by atoms with Gasteiger partial charge in [-0.1, -0.05) is 71.8 Å². The van der Waals surface area contributed by atoms with Crippen molar-refractivity contribution in [2.75, 3.05) is 7.11 Å². The third-order valence-corrected chi connectivity index (χ3v) is 13.4. The van der Waals surface area contributed by atoms with Gasteiger partial charge in [0, 0.05) is 113 Å². The van der Waals surface area contributed by atoms with E-state index >= 15 is 0 Å². The fraction of sp³-hybridized carbons (Fsp3) is 0.186. The summed E-state index contributed by atoms with van der Waals surface area (Å²) >= 11 is 12.1. The Kier molecular flexibility index (Phi) is 16.3.